The maximum absolute atomic E-state index is 11.7. The third-order valence-corrected chi connectivity index (χ3v) is 5.64. The van der Waals surface area contributed by atoms with Crippen molar-refractivity contribution in [1.82, 2.24) is 4.89 Å². The van der Waals surface area contributed by atoms with Crippen molar-refractivity contribution in [2.24, 2.45) is 5.92 Å². The third-order valence-electron chi connectivity index (χ3n) is 1.47. The van der Waals surface area contributed by atoms with Gasteiger partial charge in [0.05, 0.1) is 15.4 Å². The van der Waals surface area contributed by atoms with Crippen molar-refractivity contribution in [2.45, 2.75) is 18.1 Å². The molecule has 1 aromatic rings. The van der Waals surface area contributed by atoms with Crippen molar-refractivity contribution in [3.05, 3.63) is 14.9 Å². The van der Waals surface area contributed by atoms with E-state index in [1.54, 1.807) is 0 Å². The van der Waals surface area contributed by atoms with Crippen molar-refractivity contribution < 1.29 is 13.3 Å². The Kier molecular flexibility index (Phi) is 5.21. The highest BCUT2D eigenvalue weighted by Gasteiger charge is 2.19. The number of rotatable bonds is 5. The zero-order valence-corrected chi connectivity index (χ0v) is 12.6. The fraction of sp³-hybridized carbons (Fsp3) is 0.500. The van der Waals surface area contributed by atoms with Crippen molar-refractivity contribution in [2.75, 3.05) is 6.61 Å². The zero-order valence-electron chi connectivity index (χ0n) is 8.66. The molecule has 8 heteroatoms. The molecule has 1 aromatic heterocycles. The Morgan fingerprint density at radius 2 is 2.25 bits per heavy atom. The summed E-state index contributed by atoms with van der Waals surface area (Å²) in [7, 11) is -3.63. The molecule has 0 fully saturated rings. The van der Waals surface area contributed by atoms with E-state index >= 15 is 0 Å². The van der Waals surface area contributed by atoms with Crippen molar-refractivity contribution in [3.63, 3.8) is 0 Å². The molecule has 0 spiro atoms. The number of hydrogen-bond acceptors (Lipinski definition) is 4. The predicted octanol–water partition coefficient (Wildman–Crippen LogP) is 3.03. The Morgan fingerprint density at radius 1 is 1.62 bits per heavy atom. The molecule has 0 aromatic carbocycles. The van der Waals surface area contributed by atoms with E-state index in [2.05, 4.69) is 20.8 Å². The van der Waals surface area contributed by atoms with Crippen LogP contribution in [0.5, 0.6) is 0 Å². The average Bonchev–Trinajstić information content (AvgIpc) is 2.46. The smallest absolute Gasteiger partial charge is 0.272 e. The van der Waals surface area contributed by atoms with Gasteiger partial charge in [-0.3, -0.25) is 4.84 Å². The minimum absolute atomic E-state index is 0.119. The monoisotopic (exact) mass is 347 g/mol. The van der Waals surface area contributed by atoms with E-state index in [1.807, 2.05) is 13.8 Å². The van der Waals surface area contributed by atoms with Crippen LogP contribution in [0.4, 0.5) is 0 Å². The Bertz CT molecular complexity index is 438. The second-order valence-electron chi connectivity index (χ2n) is 3.48. The maximum Gasteiger partial charge on any atom is 0.272 e. The normalized spacial score (nSPS) is 12.3. The molecule has 1 heterocycles. The molecule has 0 saturated carbocycles. The quantitative estimate of drug-likeness (QED) is 0.832. The van der Waals surface area contributed by atoms with E-state index in [0.717, 1.165) is 11.3 Å². The van der Waals surface area contributed by atoms with Gasteiger partial charge in [-0.1, -0.05) is 30.3 Å². The lowest BCUT2D eigenvalue weighted by Gasteiger charge is -2.06. The summed E-state index contributed by atoms with van der Waals surface area (Å²) in [5.41, 5.74) is 0. The highest BCUT2D eigenvalue weighted by molar-refractivity contribution is 9.11. The summed E-state index contributed by atoms with van der Waals surface area (Å²) < 4.78 is 24.0. The Balaban J connectivity index is 2.71. The summed E-state index contributed by atoms with van der Waals surface area (Å²) >= 11 is 9.94. The van der Waals surface area contributed by atoms with Gasteiger partial charge < -0.3 is 0 Å². The molecule has 0 bridgehead atoms. The van der Waals surface area contributed by atoms with E-state index < -0.39 is 10.0 Å². The van der Waals surface area contributed by atoms with Crippen LogP contribution in [-0.2, 0) is 14.9 Å². The lowest BCUT2D eigenvalue weighted by Crippen LogP contribution is -2.25. The fourth-order valence-corrected chi connectivity index (χ4v) is 3.97. The van der Waals surface area contributed by atoms with Gasteiger partial charge in [-0.25, -0.2) is 8.42 Å². The summed E-state index contributed by atoms with van der Waals surface area (Å²) in [5.74, 6) is 0.251. The van der Waals surface area contributed by atoms with Crippen LogP contribution >= 0.6 is 38.9 Å². The molecule has 1 rings (SSSR count). The number of sulfonamides is 1. The van der Waals surface area contributed by atoms with Gasteiger partial charge in [-0.05, 0) is 27.9 Å². The largest absolute Gasteiger partial charge is 0.287 e. The second kappa shape index (κ2) is 5.79. The van der Waals surface area contributed by atoms with E-state index in [9.17, 15) is 8.42 Å². The molecule has 92 valence electrons. The molecule has 0 radical (unpaired) electrons. The van der Waals surface area contributed by atoms with Crippen molar-refractivity contribution in [3.8, 4) is 0 Å². The minimum atomic E-state index is -3.63. The van der Waals surface area contributed by atoms with Gasteiger partial charge >= 0.3 is 0 Å². The van der Waals surface area contributed by atoms with Crippen molar-refractivity contribution >= 4 is 48.9 Å². The minimum Gasteiger partial charge on any atom is -0.287 e. The summed E-state index contributed by atoms with van der Waals surface area (Å²) in [5, 5.41) is 0.370. The first-order valence-corrected chi connectivity index (χ1v) is 7.88. The second-order valence-corrected chi connectivity index (χ2v) is 8.13. The standard InChI is InChI=1S/C8H11BrClNO3S2/c1-5(2)4-14-11-16(12,13)7-3-6(10)8(9)15-7/h3,5,11H,4H2,1-2H3. The Labute approximate surface area is 112 Å². The van der Waals surface area contributed by atoms with Gasteiger partial charge in [-0.15, -0.1) is 11.3 Å². The van der Waals surface area contributed by atoms with E-state index in [4.69, 9.17) is 16.4 Å². The van der Waals surface area contributed by atoms with Crippen LogP contribution < -0.4 is 4.89 Å². The SMILES string of the molecule is CC(C)CONS(=O)(=O)c1cc(Cl)c(Br)s1. The van der Waals surface area contributed by atoms with Crippen LogP contribution in [0.1, 0.15) is 13.8 Å². The molecule has 0 unspecified atom stereocenters. The van der Waals surface area contributed by atoms with Gasteiger partial charge in [0.1, 0.15) is 4.21 Å². The molecule has 0 aliphatic heterocycles. The molecule has 4 nitrogen and oxygen atoms in total. The van der Waals surface area contributed by atoms with Gasteiger partial charge in [0.25, 0.3) is 10.0 Å². The molecule has 1 N–H and O–H groups in total. The van der Waals surface area contributed by atoms with Crippen LogP contribution in [0.3, 0.4) is 0 Å². The van der Waals surface area contributed by atoms with Crippen LogP contribution in [0.2, 0.25) is 5.02 Å². The topological polar surface area (TPSA) is 55.4 Å². The number of thiophene rings is 1. The van der Waals surface area contributed by atoms with Gasteiger partial charge in [-0.2, -0.15) is 0 Å². The first kappa shape index (κ1) is 14.4. The molecular weight excluding hydrogens is 338 g/mol. The van der Waals surface area contributed by atoms with Gasteiger partial charge in [0, 0.05) is 0 Å². The number of halogens is 2. The van der Waals surface area contributed by atoms with Crippen LogP contribution in [-0.4, -0.2) is 15.0 Å². The van der Waals surface area contributed by atoms with Crippen LogP contribution in [0, 0.1) is 5.92 Å². The van der Waals surface area contributed by atoms with Crippen LogP contribution in [0.15, 0.2) is 14.1 Å². The van der Waals surface area contributed by atoms with Crippen molar-refractivity contribution in [1.29, 1.82) is 0 Å². The predicted molar refractivity (Wildman–Crippen MR) is 68.1 cm³/mol. The van der Waals surface area contributed by atoms with E-state index in [1.165, 1.54) is 6.07 Å². The molecule has 0 amide bonds. The summed E-state index contributed by atoms with van der Waals surface area (Å²) in [6.07, 6.45) is 0. The maximum atomic E-state index is 11.7. The number of nitrogens with one attached hydrogen (secondary N) is 1. The summed E-state index contributed by atoms with van der Waals surface area (Å²) in [6, 6.07) is 1.37. The first-order chi connectivity index (χ1) is 7.33. The highest BCUT2D eigenvalue weighted by Crippen LogP contribution is 2.34. The average molecular weight is 349 g/mol. The molecule has 0 aliphatic rings. The zero-order chi connectivity index (χ0) is 12.3. The lowest BCUT2D eigenvalue weighted by molar-refractivity contribution is 0.0720. The van der Waals surface area contributed by atoms with E-state index in [-0.39, 0.29) is 10.1 Å². The van der Waals surface area contributed by atoms with Crippen LogP contribution in [0.25, 0.3) is 0 Å². The fourth-order valence-electron chi connectivity index (χ4n) is 0.778. The molecular formula is C8H11BrClNO3S2. The summed E-state index contributed by atoms with van der Waals surface area (Å²) in [4.78, 5) is 6.92. The Morgan fingerprint density at radius 3 is 2.69 bits per heavy atom. The number of hydrogen-bond donors (Lipinski definition) is 1. The first-order valence-electron chi connectivity index (χ1n) is 4.41. The molecule has 16 heavy (non-hydrogen) atoms. The highest BCUT2D eigenvalue weighted by atomic mass is 79.9. The summed E-state index contributed by atoms with van der Waals surface area (Å²) in [6.45, 7) is 4.17. The molecule has 0 saturated heterocycles. The molecule has 0 atom stereocenters. The Hall–Kier alpha value is 0.340. The lowest BCUT2D eigenvalue weighted by atomic mass is 10.2. The van der Waals surface area contributed by atoms with E-state index in [0.29, 0.717) is 15.4 Å². The van der Waals surface area contributed by atoms with Gasteiger partial charge in [0.15, 0.2) is 0 Å². The molecule has 0 aliphatic carbocycles. The third kappa shape index (κ3) is 3.97. The van der Waals surface area contributed by atoms with Gasteiger partial charge in [0.2, 0.25) is 0 Å².